The zero-order chi connectivity index (χ0) is 12.3. The number of hydrogen-bond donors (Lipinski definition) is 3. The first-order chi connectivity index (χ1) is 8.20. The number of nitrogens with one attached hydrogen (secondary N) is 1. The first-order valence-electron chi connectivity index (χ1n) is 6.44. The first-order valence-corrected chi connectivity index (χ1v) is 6.44. The number of aliphatic hydroxyl groups is 1. The largest absolute Gasteiger partial charge is 0.397 e. The standard InChI is InChI=1S/C14H22N2O/c1-10-6-7-14(12(15)8-10)16-13-5-3-2-4-11(13)9-17/h6-8,11,13,16-17H,2-5,9,15H2,1H3. The predicted octanol–water partition coefficient (Wildman–Crippen LogP) is 2.54. The molecule has 0 amide bonds. The fourth-order valence-corrected chi connectivity index (χ4v) is 2.63. The summed E-state index contributed by atoms with van der Waals surface area (Å²) >= 11 is 0. The minimum atomic E-state index is 0.267. The van der Waals surface area contributed by atoms with E-state index in [0.717, 1.165) is 24.2 Å². The second-order valence-electron chi connectivity index (χ2n) is 5.07. The van der Waals surface area contributed by atoms with E-state index in [0.29, 0.717) is 12.0 Å². The molecular weight excluding hydrogens is 212 g/mol. The van der Waals surface area contributed by atoms with Gasteiger partial charge in [-0.15, -0.1) is 0 Å². The van der Waals surface area contributed by atoms with Crippen molar-refractivity contribution in [3.8, 4) is 0 Å². The molecule has 1 aliphatic rings. The summed E-state index contributed by atoms with van der Waals surface area (Å²) < 4.78 is 0. The SMILES string of the molecule is Cc1ccc(NC2CCCCC2CO)c(N)c1. The van der Waals surface area contributed by atoms with E-state index in [4.69, 9.17) is 5.73 Å². The Hall–Kier alpha value is -1.22. The van der Waals surface area contributed by atoms with Gasteiger partial charge in [-0.25, -0.2) is 0 Å². The number of aryl methyl sites for hydroxylation is 1. The molecule has 3 heteroatoms. The highest BCUT2D eigenvalue weighted by molar-refractivity contribution is 5.67. The van der Waals surface area contributed by atoms with Crippen molar-refractivity contribution in [1.82, 2.24) is 0 Å². The van der Waals surface area contributed by atoms with Gasteiger partial charge in [0.2, 0.25) is 0 Å². The Kier molecular flexibility index (Phi) is 3.89. The number of anilines is 2. The van der Waals surface area contributed by atoms with Crippen LogP contribution in [0, 0.1) is 12.8 Å². The number of hydrogen-bond acceptors (Lipinski definition) is 3. The highest BCUT2D eigenvalue weighted by Gasteiger charge is 2.24. The van der Waals surface area contributed by atoms with E-state index < -0.39 is 0 Å². The van der Waals surface area contributed by atoms with Crippen LogP contribution in [0.2, 0.25) is 0 Å². The minimum absolute atomic E-state index is 0.267. The quantitative estimate of drug-likeness (QED) is 0.704. The maximum Gasteiger partial charge on any atom is 0.0576 e. The molecule has 1 aromatic carbocycles. The Labute approximate surface area is 103 Å². The van der Waals surface area contributed by atoms with Crippen molar-refractivity contribution in [3.63, 3.8) is 0 Å². The van der Waals surface area contributed by atoms with Gasteiger partial charge in [-0.3, -0.25) is 0 Å². The summed E-state index contributed by atoms with van der Waals surface area (Å²) in [5.74, 6) is 0.365. The lowest BCUT2D eigenvalue weighted by Crippen LogP contribution is -2.34. The van der Waals surface area contributed by atoms with Crippen LogP contribution in [0.25, 0.3) is 0 Å². The van der Waals surface area contributed by atoms with Gasteiger partial charge in [-0.2, -0.15) is 0 Å². The van der Waals surface area contributed by atoms with E-state index in [1.807, 2.05) is 19.1 Å². The molecule has 2 atom stereocenters. The van der Waals surface area contributed by atoms with Crippen molar-refractivity contribution in [2.24, 2.45) is 5.92 Å². The third kappa shape index (κ3) is 2.91. The molecule has 2 unspecified atom stereocenters. The smallest absolute Gasteiger partial charge is 0.0576 e. The first kappa shape index (κ1) is 12.2. The van der Waals surface area contributed by atoms with Crippen molar-refractivity contribution in [1.29, 1.82) is 0 Å². The van der Waals surface area contributed by atoms with Crippen LogP contribution in [-0.2, 0) is 0 Å². The lowest BCUT2D eigenvalue weighted by molar-refractivity contribution is 0.178. The van der Waals surface area contributed by atoms with Crippen molar-refractivity contribution in [2.45, 2.75) is 38.6 Å². The molecule has 0 radical (unpaired) electrons. The molecule has 0 aliphatic heterocycles. The Morgan fingerprint density at radius 3 is 2.82 bits per heavy atom. The highest BCUT2D eigenvalue weighted by atomic mass is 16.3. The van der Waals surface area contributed by atoms with E-state index in [1.54, 1.807) is 0 Å². The summed E-state index contributed by atoms with van der Waals surface area (Å²) in [4.78, 5) is 0. The fraction of sp³-hybridized carbons (Fsp3) is 0.571. The average Bonchev–Trinajstić information content (AvgIpc) is 2.33. The van der Waals surface area contributed by atoms with E-state index in [9.17, 15) is 5.11 Å². The molecule has 0 heterocycles. The van der Waals surface area contributed by atoms with E-state index >= 15 is 0 Å². The van der Waals surface area contributed by atoms with Crippen LogP contribution < -0.4 is 11.1 Å². The summed E-state index contributed by atoms with van der Waals surface area (Å²) in [7, 11) is 0. The summed E-state index contributed by atoms with van der Waals surface area (Å²) in [6, 6.07) is 6.45. The Bertz CT molecular complexity index is 378. The number of nitrogen functional groups attached to an aromatic ring is 1. The molecule has 1 fully saturated rings. The Balaban J connectivity index is 2.08. The molecule has 1 aromatic rings. The number of rotatable bonds is 3. The average molecular weight is 234 g/mol. The summed E-state index contributed by atoms with van der Waals surface area (Å²) in [6.07, 6.45) is 4.70. The number of benzene rings is 1. The van der Waals surface area contributed by atoms with Gasteiger partial charge in [-0.1, -0.05) is 18.9 Å². The third-order valence-electron chi connectivity index (χ3n) is 3.69. The molecule has 0 aromatic heterocycles. The van der Waals surface area contributed by atoms with Gasteiger partial charge < -0.3 is 16.2 Å². The Morgan fingerprint density at radius 1 is 1.35 bits per heavy atom. The normalized spacial score (nSPS) is 24.6. The number of nitrogens with two attached hydrogens (primary N) is 1. The molecule has 0 spiro atoms. The molecule has 2 rings (SSSR count). The molecule has 1 saturated carbocycles. The molecule has 1 aliphatic carbocycles. The van der Waals surface area contributed by atoms with Crippen LogP contribution in [0.15, 0.2) is 18.2 Å². The summed E-state index contributed by atoms with van der Waals surface area (Å²) in [5, 5.41) is 12.9. The third-order valence-corrected chi connectivity index (χ3v) is 3.69. The van der Waals surface area contributed by atoms with Crippen molar-refractivity contribution < 1.29 is 5.11 Å². The predicted molar refractivity (Wildman–Crippen MR) is 72.0 cm³/mol. The van der Waals surface area contributed by atoms with Crippen LogP contribution in [0.3, 0.4) is 0 Å². The summed E-state index contributed by atoms with van der Waals surface area (Å²) in [6.45, 7) is 2.31. The lowest BCUT2D eigenvalue weighted by Gasteiger charge is -2.32. The molecule has 94 valence electrons. The van der Waals surface area contributed by atoms with Crippen molar-refractivity contribution >= 4 is 11.4 Å². The van der Waals surface area contributed by atoms with Crippen LogP contribution in [-0.4, -0.2) is 17.8 Å². The van der Waals surface area contributed by atoms with Crippen LogP contribution in [0.1, 0.15) is 31.2 Å². The van der Waals surface area contributed by atoms with Crippen LogP contribution in [0.5, 0.6) is 0 Å². The van der Waals surface area contributed by atoms with Crippen LogP contribution in [0.4, 0.5) is 11.4 Å². The second kappa shape index (κ2) is 5.41. The molecule has 4 N–H and O–H groups in total. The van der Waals surface area contributed by atoms with Gasteiger partial charge in [-0.05, 0) is 37.5 Å². The zero-order valence-electron chi connectivity index (χ0n) is 10.4. The van der Waals surface area contributed by atoms with Crippen LogP contribution >= 0.6 is 0 Å². The lowest BCUT2D eigenvalue weighted by atomic mass is 9.85. The van der Waals surface area contributed by atoms with Gasteiger partial charge in [0.1, 0.15) is 0 Å². The van der Waals surface area contributed by atoms with E-state index in [-0.39, 0.29) is 6.61 Å². The van der Waals surface area contributed by atoms with E-state index in [1.165, 1.54) is 18.4 Å². The monoisotopic (exact) mass is 234 g/mol. The molecule has 17 heavy (non-hydrogen) atoms. The maximum atomic E-state index is 9.38. The van der Waals surface area contributed by atoms with Gasteiger partial charge in [0, 0.05) is 18.6 Å². The Morgan fingerprint density at radius 2 is 2.12 bits per heavy atom. The van der Waals surface area contributed by atoms with E-state index in [2.05, 4.69) is 11.4 Å². The summed E-state index contributed by atoms with van der Waals surface area (Å²) in [5.41, 5.74) is 8.98. The second-order valence-corrected chi connectivity index (χ2v) is 5.07. The van der Waals surface area contributed by atoms with Crippen molar-refractivity contribution in [2.75, 3.05) is 17.7 Å². The fourth-order valence-electron chi connectivity index (χ4n) is 2.63. The molecular formula is C14H22N2O. The maximum absolute atomic E-state index is 9.38. The molecule has 0 saturated heterocycles. The van der Waals surface area contributed by atoms with Crippen molar-refractivity contribution in [3.05, 3.63) is 23.8 Å². The zero-order valence-corrected chi connectivity index (χ0v) is 10.4. The van der Waals surface area contributed by atoms with Gasteiger partial charge in [0.25, 0.3) is 0 Å². The van der Waals surface area contributed by atoms with Gasteiger partial charge in [0.05, 0.1) is 11.4 Å². The highest BCUT2D eigenvalue weighted by Crippen LogP contribution is 2.29. The topological polar surface area (TPSA) is 58.3 Å². The minimum Gasteiger partial charge on any atom is -0.397 e. The molecule has 3 nitrogen and oxygen atoms in total. The molecule has 0 bridgehead atoms. The van der Waals surface area contributed by atoms with Gasteiger partial charge >= 0.3 is 0 Å². The van der Waals surface area contributed by atoms with Gasteiger partial charge in [0.15, 0.2) is 0 Å². The number of aliphatic hydroxyl groups excluding tert-OH is 1.